The summed E-state index contributed by atoms with van der Waals surface area (Å²) in [5.74, 6) is -0.232. The minimum absolute atomic E-state index is 0.0359. The van der Waals surface area contributed by atoms with Crippen molar-refractivity contribution >= 4 is 17.9 Å². The summed E-state index contributed by atoms with van der Waals surface area (Å²) in [5.41, 5.74) is 3.67. The predicted molar refractivity (Wildman–Crippen MR) is 158 cm³/mol. The van der Waals surface area contributed by atoms with Gasteiger partial charge in [-0.05, 0) is 81.7 Å². The Morgan fingerprint density at radius 1 is 1.00 bits per heavy atom. The third kappa shape index (κ3) is 7.00. The highest BCUT2D eigenvalue weighted by Gasteiger charge is 2.35. The summed E-state index contributed by atoms with van der Waals surface area (Å²) < 4.78 is 13.2. The zero-order valence-corrected chi connectivity index (χ0v) is 24.1. The number of nitrogens with zero attached hydrogens (tertiary/aromatic N) is 4. The highest BCUT2D eigenvalue weighted by Crippen LogP contribution is 2.32. The summed E-state index contributed by atoms with van der Waals surface area (Å²) in [6.07, 6.45) is 6.15. The number of hydrogen-bond donors (Lipinski definition) is 0. The number of amides is 2. The van der Waals surface area contributed by atoms with E-state index in [4.69, 9.17) is 14.6 Å². The molecule has 0 atom stereocenters. The first-order valence-corrected chi connectivity index (χ1v) is 14.0. The fourth-order valence-electron chi connectivity index (χ4n) is 4.50. The van der Waals surface area contributed by atoms with Gasteiger partial charge in [-0.15, -0.1) is 0 Å². The van der Waals surface area contributed by atoms with Crippen LogP contribution in [0.2, 0.25) is 0 Å². The molecule has 2 aromatic carbocycles. The van der Waals surface area contributed by atoms with E-state index in [9.17, 15) is 14.9 Å². The number of benzene rings is 2. The van der Waals surface area contributed by atoms with Crippen LogP contribution in [0, 0.1) is 11.3 Å². The average Bonchev–Trinajstić information content (AvgIpc) is 3.40. The fraction of sp³-hybridized carbons (Fsp3) is 0.333. The Hall–Kier alpha value is -4.48. The molecular formula is C33H36N4O4. The van der Waals surface area contributed by atoms with Gasteiger partial charge in [0, 0.05) is 36.0 Å². The molecule has 0 fully saturated rings. The molecule has 41 heavy (non-hydrogen) atoms. The van der Waals surface area contributed by atoms with Crippen molar-refractivity contribution in [2.75, 3.05) is 19.8 Å². The average molecular weight is 553 g/mol. The molecule has 1 aliphatic heterocycles. The van der Waals surface area contributed by atoms with E-state index in [0.717, 1.165) is 34.7 Å². The van der Waals surface area contributed by atoms with Crippen molar-refractivity contribution in [1.82, 2.24) is 14.7 Å². The number of carbonyl (C=O) groups is 2. The summed E-state index contributed by atoms with van der Waals surface area (Å²) in [4.78, 5) is 27.8. The maximum Gasteiger partial charge on any atom is 0.271 e. The van der Waals surface area contributed by atoms with Crippen molar-refractivity contribution in [3.8, 4) is 28.8 Å². The first kappa shape index (κ1) is 29.5. The normalized spacial score (nSPS) is 14.7. The van der Waals surface area contributed by atoms with Gasteiger partial charge in [0.25, 0.3) is 11.8 Å². The number of hydrogen-bond acceptors (Lipinski definition) is 6. The van der Waals surface area contributed by atoms with E-state index in [-0.39, 0.29) is 18.2 Å². The lowest BCUT2D eigenvalue weighted by atomic mass is 9.93. The Balaban J connectivity index is 1.74. The van der Waals surface area contributed by atoms with Crippen LogP contribution < -0.4 is 4.74 Å². The minimum atomic E-state index is -0.574. The van der Waals surface area contributed by atoms with Crippen LogP contribution in [-0.4, -0.2) is 52.4 Å². The molecule has 8 heteroatoms. The molecule has 3 aromatic rings. The molecular weight excluding hydrogens is 516 g/mol. The summed E-state index contributed by atoms with van der Waals surface area (Å²) in [5, 5.41) is 14.7. The third-order valence-corrected chi connectivity index (χ3v) is 6.76. The van der Waals surface area contributed by atoms with Gasteiger partial charge < -0.3 is 9.47 Å². The number of unbranched alkanes of at least 4 members (excludes halogenated alkanes) is 1. The third-order valence-electron chi connectivity index (χ3n) is 6.76. The lowest BCUT2D eigenvalue weighted by Gasteiger charge is -2.27. The van der Waals surface area contributed by atoms with E-state index in [0.29, 0.717) is 42.0 Å². The molecule has 0 aliphatic carbocycles. The van der Waals surface area contributed by atoms with Gasteiger partial charge in [0.15, 0.2) is 0 Å². The van der Waals surface area contributed by atoms with E-state index < -0.39 is 11.8 Å². The van der Waals surface area contributed by atoms with Crippen molar-refractivity contribution < 1.29 is 19.1 Å². The number of imide groups is 1. The second-order valence-corrected chi connectivity index (χ2v) is 10.1. The van der Waals surface area contributed by atoms with Gasteiger partial charge in [0.1, 0.15) is 17.4 Å². The lowest BCUT2D eigenvalue weighted by Crippen LogP contribution is -2.43. The zero-order valence-electron chi connectivity index (χ0n) is 24.1. The van der Waals surface area contributed by atoms with E-state index in [1.165, 1.54) is 0 Å². The molecule has 0 N–H and O–H groups in total. The largest absolute Gasteiger partial charge is 0.494 e. The molecule has 2 heterocycles. The summed E-state index contributed by atoms with van der Waals surface area (Å²) in [6, 6.07) is 19.4. The van der Waals surface area contributed by atoms with E-state index in [1.54, 1.807) is 17.7 Å². The highest BCUT2D eigenvalue weighted by molar-refractivity contribution is 6.19. The number of rotatable bonds is 12. The Morgan fingerprint density at radius 2 is 1.73 bits per heavy atom. The predicted octanol–water partition coefficient (Wildman–Crippen LogP) is 6.13. The number of nitriles is 1. The smallest absolute Gasteiger partial charge is 0.271 e. The van der Waals surface area contributed by atoms with Crippen LogP contribution in [0.5, 0.6) is 5.75 Å². The number of para-hydroxylation sites is 1. The van der Waals surface area contributed by atoms with Crippen molar-refractivity contribution in [3.63, 3.8) is 0 Å². The molecule has 8 nitrogen and oxygen atoms in total. The zero-order chi connectivity index (χ0) is 29.4. The quantitative estimate of drug-likeness (QED) is 0.152. The van der Waals surface area contributed by atoms with E-state index in [1.807, 2.05) is 80.7 Å². The Kier molecular flexibility index (Phi) is 9.88. The molecule has 0 saturated carbocycles. The molecule has 0 saturated heterocycles. The second kappa shape index (κ2) is 13.7. The summed E-state index contributed by atoms with van der Waals surface area (Å²) >= 11 is 0. The standard InChI is InChI=1S/C33H36N4O4/c1-5-6-18-41-28-15-13-25(14-16-28)31-26(22-37(35-31)27-11-8-7-9-12-27)20-29-24(4)30(21-34)33(39)36(32(29)38)17-10-19-40-23(2)3/h7-9,11-16,20,22-23H,5-6,10,17-19H2,1-4H3/b29-20+. The van der Waals surface area contributed by atoms with Crippen LogP contribution in [0.3, 0.4) is 0 Å². The first-order valence-electron chi connectivity index (χ1n) is 14.0. The number of aromatic nitrogens is 2. The maximum atomic E-state index is 13.6. The minimum Gasteiger partial charge on any atom is -0.494 e. The Labute approximate surface area is 241 Å². The van der Waals surface area contributed by atoms with Gasteiger partial charge in [-0.25, -0.2) is 4.68 Å². The van der Waals surface area contributed by atoms with E-state index >= 15 is 0 Å². The van der Waals surface area contributed by atoms with Crippen LogP contribution in [0.4, 0.5) is 0 Å². The molecule has 1 aliphatic rings. The van der Waals surface area contributed by atoms with Crippen LogP contribution in [0.25, 0.3) is 23.0 Å². The van der Waals surface area contributed by atoms with Crippen molar-refractivity contribution in [3.05, 3.63) is 83.1 Å². The van der Waals surface area contributed by atoms with Gasteiger partial charge in [-0.2, -0.15) is 10.4 Å². The van der Waals surface area contributed by atoms with Crippen LogP contribution >= 0.6 is 0 Å². The fourth-order valence-corrected chi connectivity index (χ4v) is 4.50. The van der Waals surface area contributed by atoms with Crippen LogP contribution in [0.1, 0.15) is 52.5 Å². The van der Waals surface area contributed by atoms with Gasteiger partial charge in [-0.3, -0.25) is 14.5 Å². The molecule has 1 aromatic heterocycles. The number of carbonyl (C=O) groups excluding carboxylic acids is 2. The van der Waals surface area contributed by atoms with Crippen LogP contribution in [-0.2, 0) is 14.3 Å². The second-order valence-electron chi connectivity index (χ2n) is 10.1. The van der Waals surface area contributed by atoms with Crippen molar-refractivity contribution in [2.24, 2.45) is 0 Å². The molecule has 4 rings (SSSR count). The highest BCUT2D eigenvalue weighted by atomic mass is 16.5. The Morgan fingerprint density at radius 3 is 2.39 bits per heavy atom. The van der Waals surface area contributed by atoms with Crippen molar-refractivity contribution in [2.45, 2.75) is 53.1 Å². The summed E-state index contributed by atoms with van der Waals surface area (Å²) in [6.45, 7) is 8.85. The topological polar surface area (TPSA) is 97.4 Å². The van der Waals surface area contributed by atoms with Gasteiger partial charge in [0.2, 0.25) is 0 Å². The maximum absolute atomic E-state index is 13.6. The molecule has 0 radical (unpaired) electrons. The molecule has 0 bridgehead atoms. The molecule has 0 spiro atoms. The van der Waals surface area contributed by atoms with E-state index in [2.05, 4.69) is 6.92 Å². The molecule has 0 unspecified atom stereocenters. The monoisotopic (exact) mass is 552 g/mol. The summed E-state index contributed by atoms with van der Waals surface area (Å²) in [7, 11) is 0. The molecule has 212 valence electrons. The SMILES string of the molecule is CCCCOc1ccc(-c2nn(-c3ccccc3)cc2/C=C2/C(=O)N(CCCOC(C)C)C(=O)C(C#N)=C2C)cc1. The first-order chi connectivity index (χ1) is 19.8. The van der Waals surface area contributed by atoms with Gasteiger partial charge in [-0.1, -0.05) is 31.5 Å². The van der Waals surface area contributed by atoms with Gasteiger partial charge >= 0.3 is 0 Å². The molecule has 2 amide bonds. The van der Waals surface area contributed by atoms with Crippen LogP contribution in [0.15, 0.2) is 77.5 Å². The van der Waals surface area contributed by atoms with Gasteiger partial charge in [0.05, 0.1) is 24.1 Å². The Bertz CT molecular complexity index is 1480. The lowest BCUT2D eigenvalue weighted by molar-refractivity contribution is -0.140. The number of ether oxygens (including phenoxy) is 2. The van der Waals surface area contributed by atoms with Crippen molar-refractivity contribution in [1.29, 1.82) is 5.26 Å².